The summed E-state index contributed by atoms with van der Waals surface area (Å²) >= 11 is 7.52. The van der Waals surface area contributed by atoms with Gasteiger partial charge in [-0.2, -0.15) is 4.31 Å². The molecule has 1 atom stereocenters. The summed E-state index contributed by atoms with van der Waals surface area (Å²) in [5.41, 5.74) is 1.01. The summed E-state index contributed by atoms with van der Waals surface area (Å²) in [5, 5.41) is 11.3. The molecule has 0 aliphatic carbocycles. The van der Waals surface area contributed by atoms with E-state index in [1.54, 1.807) is 25.1 Å². The Hall–Kier alpha value is -1.61. The summed E-state index contributed by atoms with van der Waals surface area (Å²) in [4.78, 5) is 10.5. The fraction of sp³-hybridized carbons (Fsp3) is 0.250. The van der Waals surface area contributed by atoms with Gasteiger partial charge in [0.05, 0.1) is 15.2 Å². The summed E-state index contributed by atoms with van der Waals surface area (Å²) in [6.45, 7) is 1.92. The minimum absolute atomic E-state index is 0.0701. The molecule has 9 heteroatoms. The van der Waals surface area contributed by atoms with Crippen LogP contribution in [0.5, 0.6) is 0 Å². The largest absolute Gasteiger partial charge is 0.273 e. The lowest BCUT2D eigenvalue weighted by molar-refractivity contribution is -0.385. The van der Waals surface area contributed by atoms with Crippen LogP contribution in [0.2, 0.25) is 5.02 Å². The molecule has 1 heterocycles. The van der Waals surface area contributed by atoms with E-state index in [0.717, 1.165) is 11.6 Å². The molecule has 0 amide bonds. The predicted octanol–water partition coefficient (Wildman–Crippen LogP) is 3.99. The molecule has 2 aromatic carbocycles. The van der Waals surface area contributed by atoms with E-state index >= 15 is 0 Å². The summed E-state index contributed by atoms with van der Waals surface area (Å²) in [6.07, 6.45) is 0. The first kappa shape index (κ1) is 18.2. The predicted molar refractivity (Wildman–Crippen MR) is 98.4 cm³/mol. The molecular weight excluding hydrogens is 384 g/mol. The quantitative estimate of drug-likeness (QED) is 0.574. The van der Waals surface area contributed by atoms with Crippen molar-refractivity contribution in [2.24, 2.45) is 0 Å². The van der Waals surface area contributed by atoms with Crippen LogP contribution in [-0.4, -0.2) is 29.9 Å². The van der Waals surface area contributed by atoms with Gasteiger partial charge in [-0.05, 0) is 30.7 Å². The van der Waals surface area contributed by atoms with Crippen molar-refractivity contribution in [1.82, 2.24) is 4.31 Å². The van der Waals surface area contributed by atoms with Gasteiger partial charge in [-0.25, -0.2) is 8.42 Å². The van der Waals surface area contributed by atoms with Crippen molar-refractivity contribution in [2.75, 3.05) is 12.3 Å². The van der Waals surface area contributed by atoms with Gasteiger partial charge in [-0.1, -0.05) is 29.8 Å². The number of halogens is 1. The maximum Gasteiger partial charge on any atom is 0.273 e. The van der Waals surface area contributed by atoms with E-state index in [4.69, 9.17) is 11.6 Å². The van der Waals surface area contributed by atoms with E-state index in [9.17, 15) is 18.5 Å². The van der Waals surface area contributed by atoms with Gasteiger partial charge in [0.25, 0.3) is 5.69 Å². The molecule has 0 saturated carbocycles. The Morgan fingerprint density at radius 1 is 1.28 bits per heavy atom. The van der Waals surface area contributed by atoms with Crippen LogP contribution in [0.25, 0.3) is 0 Å². The Balaban J connectivity index is 2.02. The van der Waals surface area contributed by atoms with Gasteiger partial charge in [0.2, 0.25) is 10.0 Å². The lowest BCUT2D eigenvalue weighted by Gasteiger charge is -2.23. The highest BCUT2D eigenvalue weighted by atomic mass is 35.5. The Morgan fingerprint density at radius 3 is 2.72 bits per heavy atom. The standard InChI is InChI=1S/C16H15ClN2O4S2/c1-11-5-6-14(10-15(11)19(20)21)25(22,23)18-7-8-24-16(18)12-3-2-4-13(17)9-12/h2-6,9-10,16H,7-8H2,1H3/t16-/m1/s1. The second kappa shape index (κ2) is 6.95. The lowest BCUT2D eigenvalue weighted by atomic mass is 10.2. The van der Waals surface area contributed by atoms with Gasteiger partial charge in [-0.15, -0.1) is 11.8 Å². The van der Waals surface area contributed by atoms with Crippen LogP contribution in [0.4, 0.5) is 5.69 Å². The molecule has 0 radical (unpaired) electrons. The topological polar surface area (TPSA) is 80.5 Å². The SMILES string of the molecule is Cc1ccc(S(=O)(=O)N2CCS[C@@H]2c2cccc(Cl)c2)cc1[N+](=O)[O-]. The first-order valence-electron chi connectivity index (χ1n) is 7.44. The zero-order valence-electron chi connectivity index (χ0n) is 13.3. The minimum atomic E-state index is -3.86. The number of nitro benzene ring substituents is 1. The van der Waals surface area contributed by atoms with Crippen molar-refractivity contribution in [3.05, 3.63) is 68.7 Å². The van der Waals surface area contributed by atoms with Gasteiger partial charge in [0.15, 0.2) is 0 Å². The average molecular weight is 399 g/mol. The van der Waals surface area contributed by atoms with Crippen LogP contribution in [0.3, 0.4) is 0 Å². The van der Waals surface area contributed by atoms with Crippen molar-refractivity contribution in [3.63, 3.8) is 0 Å². The van der Waals surface area contributed by atoms with E-state index in [0.29, 0.717) is 22.9 Å². The number of rotatable bonds is 4. The van der Waals surface area contributed by atoms with Gasteiger partial charge in [-0.3, -0.25) is 10.1 Å². The number of sulfonamides is 1. The van der Waals surface area contributed by atoms with E-state index in [1.165, 1.54) is 28.2 Å². The molecule has 2 aromatic rings. The number of nitrogens with zero attached hydrogens (tertiary/aromatic N) is 2. The molecule has 0 unspecified atom stereocenters. The van der Waals surface area contributed by atoms with E-state index in [2.05, 4.69) is 0 Å². The van der Waals surface area contributed by atoms with Crippen molar-refractivity contribution in [2.45, 2.75) is 17.2 Å². The maximum atomic E-state index is 13.0. The molecule has 1 fully saturated rings. The zero-order valence-corrected chi connectivity index (χ0v) is 15.6. The second-order valence-electron chi connectivity index (χ2n) is 5.60. The fourth-order valence-corrected chi connectivity index (χ4v) is 6.16. The van der Waals surface area contributed by atoms with Crippen LogP contribution in [0.1, 0.15) is 16.5 Å². The molecular formula is C16H15ClN2O4S2. The van der Waals surface area contributed by atoms with Crippen LogP contribution >= 0.6 is 23.4 Å². The Labute approximate surface area is 155 Å². The van der Waals surface area contributed by atoms with Crippen LogP contribution in [0.15, 0.2) is 47.4 Å². The second-order valence-corrected chi connectivity index (χ2v) is 9.11. The molecule has 1 aliphatic rings. The highest BCUT2D eigenvalue weighted by molar-refractivity contribution is 8.01. The molecule has 6 nitrogen and oxygen atoms in total. The van der Waals surface area contributed by atoms with Gasteiger partial charge in [0, 0.05) is 29.0 Å². The molecule has 0 bridgehead atoms. The van der Waals surface area contributed by atoms with Crippen LogP contribution < -0.4 is 0 Å². The lowest BCUT2D eigenvalue weighted by Crippen LogP contribution is -2.30. The number of hydrogen-bond acceptors (Lipinski definition) is 5. The summed E-state index contributed by atoms with van der Waals surface area (Å²) in [7, 11) is -3.86. The smallest absolute Gasteiger partial charge is 0.258 e. The summed E-state index contributed by atoms with van der Waals surface area (Å²) in [5.74, 6) is 0.643. The van der Waals surface area contributed by atoms with Crippen molar-refractivity contribution in [1.29, 1.82) is 0 Å². The Morgan fingerprint density at radius 2 is 2.04 bits per heavy atom. The Kier molecular flexibility index (Phi) is 5.06. The zero-order chi connectivity index (χ0) is 18.2. The highest BCUT2D eigenvalue weighted by Crippen LogP contribution is 2.42. The van der Waals surface area contributed by atoms with E-state index < -0.39 is 20.3 Å². The fourth-order valence-electron chi connectivity index (χ4n) is 2.71. The average Bonchev–Trinajstić information content (AvgIpc) is 3.05. The van der Waals surface area contributed by atoms with Crippen molar-refractivity contribution in [3.8, 4) is 0 Å². The number of hydrogen-bond donors (Lipinski definition) is 0. The number of thioether (sulfide) groups is 1. The van der Waals surface area contributed by atoms with E-state index in [-0.39, 0.29) is 10.6 Å². The van der Waals surface area contributed by atoms with Crippen molar-refractivity contribution >= 4 is 39.1 Å². The van der Waals surface area contributed by atoms with Gasteiger partial charge in [0.1, 0.15) is 0 Å². The first-order chi connectivity index (χ1) is 11.8. The third-order valence-electron chi connectivity index (χ3n) is 3.97. The number of nitro groups is 1. The molecule has 3 rings (SSSR count). The van der Waals surface area contributed by atoms with Crippen molar-refractivity contribution < 1.29 is 13.3 Å². The summed E-state index contributed by atoms with van der Waals surface area (Å²) in [6, 6.07) is 11.1. The molecule has 0 spiro atoms. The van der Waals surface area contributed by atoms with Gasteiger partial charge >= 0.3 is 0 Å². The molecule has 25 heavy (non-hydrogen) atoms. The van der Waals surface area contributed by atoms with E-state index in [1.807, 2.05) is 6.07 Å². The Bertz CT molecular complexity index is 933. The molecule has 0 aromatic heterocycles. The molecule has 132 valence electrons. The van der Waals surface area contributed by atoms with Crippen LogP contribution in [0, 0.1) is 17.0 Å². The first-order valence-corrected chi connectivity index (χ1v) is 10.3. The third-order valence-corrected chi connectivity index (χ3v) is 7.46. The summed E-state index contributed by atoms with van der Waals surface area (Å²) < 4.78 is 27.5. The molecule has 0 N–H and O–H groups in total. The minimum Gasteiger partial charge on any atom is -0.258 e. The monoisotopic (exact) mass is 398 g/mol. The third kappa shape index (κ3) is 3.52. The highest BCUT2D eigenvalue weighted by Gasteiger charge is 2.37. The van der Waals surface area contributed by atoms with Gasteiger partial charge < -0.3 is 0 Å². The molecule has 1 aliphatic heterocycles. The number of aryl methyl sites for hydroxylation is 1. The van der Waals surface area contributed by atoms with Crippen LogP contribution in [-0.2, 0) is 10.0 Å². The molecule has 1 saturated heterocycles. The maximum absolute atomic E-state index is 13.0. The normalized spacial score (nSPS) is 18.4. The number of benzene rings is 2.